The van der Waals surface area contributed by atoms with E-state index in [2.05, 4.69) is 10.2 Å². The summed E-state index contributed by atoms with van der Waals surface area (Å²) in [5.74, 6) is -2.68. The zero-order valence-corrected chi connectivity index (χ0v) is 16.2. The number of carbonyl (C=O) groups is 2. The third kappa shape index (κ3) is 3.36. The SMILES string of the molecule is O=C(O)c1ccc(-c2n[nH]c3c2OCCC3C(=O)c2c(Cl)cccc2Cl)c(F)c1. The average molecular weight is 435 g/mol. The van der Waals surface area contributed by atoms with Crippen molar-refractivity contribution in [3.63, 3.8) is 0 Å². The fourth-order valence-corrected chi connectivity index (χ4v) is 3.93. The molecule has 2 N–H and O–H groups in total. The topological polar surface area (TPSA) is 92.3 Å². The molecular weight excluding hydrogens is 422 g/mol. The van der Waals surface area contributed by atoms with Crippen LogP contribution in [0, 0.1) is 5.82 Å². The van der Waals surface area contributed by atoms with Crippen LogP contribution in [-0.2, 0) is 0 Å². The van der Waals surface area contributed by atoms with Crippen LogP contribution in [0.25, 0.3) is 11.3 Å². The van der Waals surface area contributed by atoms with Crippen molar-refractivity contribution < 1.29 is 23.8 Å². The first-order chi connectivity index (χ1) is 13.9. The molecule has 0 fully saturated rings. The minimum atomic E-state index is -1.24. The molecule has 0 bridgehead atoms. The maximum atomic E-state index is 14.5. The molecule has 29 heavy (non-hydrogen) atoms. The number of carbonyl (C=O) groups excluding carboxylic acids is 1. The molecule has 4 rings (SSSR count). The average Bonchev–Trinajstić information content (AvgIpc) is 3.11. The lowest BCUT2D eigenvalue weighted by Gasteiger charge is -2.22. The number of carboxylic acids is 1. The molecule has 1 atom stereocenters. The lowest BCUT2D eigenvalue weighted by Crippen LogP contribution is -2.22. The van der Waals surface area contributed by atoms with E-state index in [0.717, 1.165) is 6.07 Å². The Morgan fingerprint density at radius 2 is 1.93 bits per heavy atom. The fourth-order valence-electron chi connectivity index (χ4n) is 3.34. The summed E-state index contributed by atoms with van der Waals surface area (Å²) in [6, 6.07) is 8.31. The number of fused-ring (bicyclic) bond motifs is 1. The number of aromatic nitrogens is 2. The highest BCUT2D eigenvalue weighted by Gasteiger charge is 2.35. The number of hydrogen-bond donors (Lipinski definition) is 2. The first kappa shape index (κ1) is 19.4. The maximum Gasteiger partial charge on any atom is 0.335 e. The van der Waals surface area contributed by atoms with E-state index >= 15 is 0 Å². The molecule has 1 unspecified atom stereocenters. The number of aromatic amines is 1. The maximum absolute atomic E-state index is 14.5. The van der Waals surface area contributed by atoms with Gasteiger partial charge in [-0.05, 0) is 36.8 Å². The Bertz CT molecular complexity index is 1130. The van der Waals surface area contributed by atoms with Gasteiger partial charge >= 0.3 is 5.97 Å². The lowest BCUT2D eigenvalue weighted by molar-refractivity contribution is 0.0696. The van der Waals surface area contributed by atoms with Crippen molar-refractivity contribution in [3.05, 3.63) is 69.1 Å². The monoisotopic (exact) mass is 434 g/mol. The summed E-state index contributed by atoms with van der Waals surface area (Å²) < 4.78 is 20.2. The Morgan fingerprint density at radius 1 is 1.21 bits per heavy atom. The van der Waals surface area contributed by atoms with Gasteiger partial charge < -0.3 is 9.84 Å². The predicted octanol–water partition coefficient (Wildman–Crippen LogP) is 4.97. The highest BCUT2D eigenvalue weighted by atomic mass is 35.5. The van der Waals surface area contributed by atoms with E-state index in [4.69, 9.17) is 33.0 Å². The number of rotatable bonds is 4. The fraction of sp³-hybridized carbons (Fsp3) is 0.150. The Hall–Kier alpha value is -2.90. The van der Waals surface area contributed by atoms with E-state index in [9.17, 15) is 14.0 Å². The van der Waals surface area contributed by atoms with Gasteiger partial charge in [-0.3, -0.25) is 9.89 Å². The van der Waals surface area contributed by atoms with Crippen LogP contribution in [0.15, 0.2) is 36.4 Å². The molecule has 0 saturated carbocycles. The summed E-state index contributed by atoms with van der Waals surface area (Å²) in [5, 5.41) is 16.4. The number of hydrogen-bond acceptors (Lipinski definition) is 4. The summed E-state index contributed by atoms with van der Waals surface area (Å²) >= 11 is 12.3. The predicted molar refractivity (Wildman–Crippen MR) is 105 cm³/mol. The minimum absolute atomic E-state index is 0.0661. The van der Waals surface area contributed by atoms with Gasteiger partial charge in [-0.15, -0.1) is 0 Å². The second kappa shape index (κ2) is 7.50. The van der Waals surface area contributed by atoms with Crippen LogP contribution in [0.1, 0.15) is 38.7 Å². The molecule has 2 heterocycles. The van der Waals surface area contributed by atoms with E-state index in [1.54, 1.807) is 18.2 Å². The summed E-state index contributed by atoms with van der Waals surface area (Å²) in [4.78, 5) is 24.1. The molecule has 1 aliphatic rings. The van der Waals surface area contributed by atoms with Crippen LogP contribution in [0.2, 0.25) is 10.0 Å². The Kier molecular flexibility index (Phi) is 5.02. The third-order valence-corrected chi connectivity index (χ3v) is 5.38. The van der Waals surface area contributed by atoms with Crippen molar-refractivity contribution in [1.82, 2.24) is 10.2 Å². The summed E-state index contributed by atoms with van der Waals surface area (Å²) in [6.07, 6.45) is 0.370. The normalized spacial score (nSPS) is 15.5. The molecule has 0 aliphatic carbocycles. The number of nitrogens with zero attached hydrogens (tertiary/aromatic N) is 1. The number of carboxylic acid groups (broad SMARTS) is 1. The molecule has 9 heteroatoms. The molecule has 148 valence electrons. The summed E-state index contributed by atoms with van der Waals surface area (Å²) in [5.41, 5.74) is 0.655. The minimum Gasteiger partial charge on any atom is -0.489 e. The number of ether oxygens (including phenoxy) is 1. The number of aromatic carboxylic acids is 1. The van der Waals surface area contributed by atoms with Crippen LogP contribution < -0.4 is 4.74 Å². The van der Waals surface area contributed by atoms with Crippen molar-refractivity contribution in [2.75, 3.05) is 6.61 Å². The van der Waals surface area contributed by atoms with Gasteiger partial charge in [0, 0.05) is 5.56 Å². The Labute approximate surface area is 174 Å². The van der Waals surface area contributed by atoms with Gasteiger partial charge in [0.05, 0.1) is 39.4 Å². The van der Waals surface area contributed by atoms with Gasteiger partial charge in [0.15, 0.2) is 11.5 Å². The van der Waals surface area contributed by atoms with E-state index < -0.39 is 17.7 Å². The van der Waals surface area contributed by atoms with Gasteiger partial charge in [-0.1, -0.05) is 29.3 Å². The molecule has 0 saturated heterocycles. The number of ketones is 1. The number of benzene rings is 2. The number of H-pyrrole nitrogens is 1. The second-order valence-corrected chi connectivity index (χ2v) is 7.28. The molecule has 6 nitrogen and oxygen atoms in total. The molecule has 0 radical (unpaired) electrons. The van der Waals surface area contributed by atoms with E-state index in [1.807, 2.05) is 0 Å². The quantitative estimate of drug-likeness (QED) is 0.565. The Balaban J connectivity index is 1.75. The van der Waals surface area contributed by atoms with Crippen LogP contribution in [-0.4, -0.2) is 33.7 Å². The van der Waals surface area contributed by atoms with Crippen molar-refractivity contribution in [2.45, 2.75) is 12.3 Å². The summed E-state index contributed by atoms with van der Waals surface area (Å²) in [7, 11) is 0. The van der Waals surface area contributed by atoms with Gasteiger partial charge in [-0.2, -0.15) is 5.10 Å². The highest BCUT2D eigenvalue weighted by Crippen LogP contribution is 2.42. The first-order valence-corrected chi connectivity index (χ1v) is 9.36. The molecule has 1 aliphatic heterocycles. The van der Waals surface area contributed by atoms with Crippen LogP contribution in [0.5, 0.6) is 5.75 Å². The van der Waals surface area contributed by atoms with Gasteiger partial charge in [0.25, 0.3) is 0 Å². The molecule has 3 aromatic rings. The van der Waals surface area contributed by atoms with Gasteiger partial charge in [0.1, 0.15) is 11.5 Å². The number of nitrogens with one attached hydrogen (secondary N) is 1. The zero-order valence-electron chi connectivity index (χ0n) is 14.7. The first-order valence-electron chi connectivity index (χ1n) is 8.61. The van der Waals surface area contributed by atoms with Crippen molar-refractivity contribution in [3.8, 4) is 17.0 Å². The Morgan fingerprint density at radius 3 is 2.59 bits per heavy atom. The highest BCUT2D eigenvalue weighted by molar-refractivity contribution is 6.40. The zero-order chi connectivity index (χ0) is 20.7. The summed E-state index contributed by atoms with van der Waals surface area (Å²) in [6.45, 7) is 0.215. The molecule has 0 amide bonds. The smallest absolute Gasteiger partial charge is 0.335 e. The van der Waals surface area contributed by atoms with Crippen LogP contribution >= 0.6 is 23.2 Å². The van der Waals surface area contributed by atoms with Crippen molar-refractivity contribution in [2.24, 2.45) is 0 Å². The third-order valence-electron chi connectivity index (χ3n) is 4.75. The van der Waals surface area contributed by atoms with Crippen molar-refractivity contribution in [1.29, 1.82) is 0 Å². The molecule has 1 aromatic heterocycles. The van der Waals surface area contributed by atoms with Crippen molar-refractivity contribution >= 4 is 35.0 Å². The number of halogens is 3. The van der Waals surface area contributed by atoms with Crippen LogP contribution in [0.3, 0.4) is 0 Å². The number of Topliss-reactive ketones (excluding diaryl/α,β-unsaturated/α-hetero) is 1. The standard InChI is InChI=1S/C20H13Cl2FN2O4/c21-12-2-1-3-13(22)15(12)18(26)11-6-7-29-19-16(24-25-17(11)19)10-5-4-9(20(27)28)8-14(10)23/h1-5,8,11H,6-7H2,(H,24,25)(H,27,28). The van der Waals surface area contributed by atoms with E-state index in [0.29, 0.717) is 12.1 Å². The molecule has 2 aromatic carbocycles. The molecule has 0 spiro atoms. The van der Waals surface area contributed by atoms with Gasteiger partial charge in [0.2, 0.25) is 0 Å². The van der Waals surface area contributed by atoms with Crippen LogP contribution in [0.4, 0.5) is 4.39 Å². The van der Waals surface area contributed by atoms with E-state index in [-0.39, 0.29) is 50.6 Å². The largest absolute Gasteiger partial charge is 0.489 e. The van der Waals surface area contributed by atoms with E-state index in [1.165, 1.54) is 12.1 Å². The second-order valence-electron chi connectivity index (χ2n) is 6.47. The molecular formula is C20H13Cl2FN2O4. The lowest BCUT2D eigenvalue weighted by atomic mass is 9.89. The van der Waals surface area contributed by atoms with Gasteiger partial charge in [-0.25, -0.2) is 9.18 Å².